The van der Waals surface area contributed by atoms with Crippen molar-refractivity contribution in [1.82, 2.24) is 5.32 Å². The lowest BCUT2D eigenvalue weighted by Crippen LogP contribution is -2.52. The summed E-state index contributed by atoms with van der Waals surface area (Å²) in [5.74, 6) is -2.08. The number of anilines is 1. The predicted molar refractivity (Wildman–Crippen MR) is 77.1 cm³/mol. The molecule has 0 radical (unpaired) electrons. The molecule has 2 amide bonds. The van der Waals surface area contributed by atoms with E-state index in [9.17, 15) is 14.4 Å². The maximum absolute atomic E-state index is 11.9. The Morgan fingerprint density at radius 2 is 2.10 bits per heavy atom. The Bertz CT molecular complexity index is 595. The standard InChI is InChI=1S/C15H18N2O4/c1-15(2,9-12(18)19)10-4-3-5-11(8-10)17-7-6-16-13(20)14(17)21/h3-5,8H,6-7,9H2,1-2H3,(H,16,20)(H,18,19). The van der Waals surface area contributed by atoms with E-state index >= 15 is 0 Å². The van der Waals surface area contributed by atoms with Crippen LogP contribution < -0.4 is 10.2 Å². The van der Waals surface area contributed by atoms with E-state index in [0.717, 1.165) is 5.56 Å². The molecule has 0 bridgehead atoms. The van der Waals surface area contributed by atoms with Crippen LogP contribution in [-0.2, 0) is 19.8 Å². The van der Waals surface area contributed by atoms with Crippen LogP contribution in [0.5, 0.6) is 0 Å². The number of rotatable bonds is 4. The fraction of sp³-hybridized carbons (Fsp3) is 0.400. The van der Waals surface area contributed by atoms with Crippen molar-refractivity contribution >= 4 is 23.5 Å². The molecule has 112 valence electrons. The lowest BCUT2D eigenvalue weighted by Gasteiger charge is -2.29. The molecule has 6 heteroatoms. The van der Waals surface area contributed by atoms with Crippen molar-refractivity contribution in [2.45, 2.75) is 25.7 Å². The number of hydrogen-bond acceptors (Lipinski definition) is 3. The molecule has 0 unspecified atom stereocenters. The van der Waals surface area contributed by atoms with E-state index in [1.54, 1.807) is 18.2 Å². The Morgan fingerprint density at radius 3 is 2.76 bits per heavy atom. The summed E-state index contributed by atoms with van der Waals surface area (Å²) >= 11 is 0. The van der Waals surface area contributed by atoms with Gasteiger partial charge in [-0.15, -0.1) is 0 Å². The predicted octanol–water partition coefficient (Wildman–Crippen LogP) is 0.902. The van der Waals surface area contributed by atoms with Gasteiger partial charge in [0.05, 0.1) is 6.42 Å². The van der Waals surface area contributed by atoms with Crippen LogP contribution in [0.25, 0.3) is 0 Å². The second-order valence-electron chi connectivity index (χ2n) is 5.72. The minimum atomic E-state index is -0.876. The van der Waals surface area contributed by atoms with Gasteiger partial charge in [0, 0.05) is 24.2 Å². The number of carboxylic acids is 1. The highest BCUT2D eigenvalue weighted by Crippen LogP contribution is 2.30. The Kier molecular flexibility index (Phi) is 3.97. The smallest absolute Gasteiger partial charge is 0.316 e. The lowest BCUT2D eigenvalue weighted by atomic mass is 9.81. The summed E-state index contributed by atoms with van der Waals surface area (Å²) in [6, 6.07) is 7.13. The molecule has 2 N–H and O–H groups in total. The monoisotopic (exact) mass is 290 g/mol. The summed E-state index contributed by atoms with van der Waals surface area (Å²) in [4.78, 5) is 35.7. The molecular formula is C15H18N2O4. The Hall–Kier alpha value is -2.37. The zero-order valence-corrected chi connectivity index (χ0v) is 12.0. The van der Waals surface area contributed by atoms with Gasteiger partial charge in [0.15, 0.2) is 0 Å². The second kappa shape index (κ2) is 5.55. The molecule has 1 heterocycles. The van der Waals surface area contributed by atoms with E-state index in [4.69, 9.17) is 5.11 Å². The zero-order chi connectivity index (χ0) is 15.6. The first-order valence-electron chi connectivity index (χ1n) is 6.73. The summed E-state index contributed by atoms with van der Waals surface area (Å²) in [5.41, 5.74) is 0.884. The topological polar surface area (TPSA) is 86.7 Å². The molecular weight excluding hydrogens is 272 g/mol. The van der Waals surface area contributed by atoms with Crippen molar-refractivity contribution in [1.29, 1.82) is 0 Å². The number of amides is 2. The Balaban J connectivity index is 2.31. The van der Waals surface area contributed by atoms with Crippen LogP contribution in [-0.4, -0.2) is 36.0 Å². The molecule has 1 saturated heterocycles. The maximum atomic E-state index is 11.9. The van der Waals surface area contributed by atoms with Crippen LogP contribution in [0.15, 0.2) is 24.3 Å². The molecule has 6 nitrogen and oxygen atoms in total. The van der Waals surface area contributed by atoms with Crippen LogP contribution in [0.3, 0.4) is 0 Å². The Labute approximate surface area is 122 Å². The Morgan fingerprint density at radius 1 is 1.38 bits per heavy atom. The van der Waals surface area contributed by atoms with Gasteiger partial charge in [-0.05, 0) is 17.7 Å². The molecule has 1 aromatic carbocycles. The van der Waals surface area contributed by atoms with Crippen LogP contribution in [0.4, 0.5) is 5.69 Å². The number of piperazine rings is 1. The van der Waals surface area contributed by atoms with Crippen molar-refractivity contribution in [2.24, 2.45) is 0 Å². The summed E-state index contributed by atoms with van der Waals surface area (Å²) < 4.78 is 0. The number of nitrogens with one attached hydrogen (secondary N) is 1. The minimum Gasteiger partial charge on any atom is -0.481 e. The summed E-state index contributed by atoms with van der Waals surface area (Å²) in [6.07, 6.45) is -0.00904. The number of aliphatic carboxylic acids is 1. The van der Waals surface area contributed by atoms with E-state index in [2.05, 4.69) is 5.32 Å². The van der Waals surface area contributed by atoms with Crippen LogP contribution in [0.2, 0.25) is 0 Å². The summed E-state index contributed by atoms with van der Waals surface area (Å²) in [7, 11) is 0. The van der Waals surface area contributed by atoms with Gasteiger partial charge in [-0.25, -0.2) is 0 Å². The van der Waals surface area contributed by atoms with E-state index in [0.29, 0.717) is 18.8 Å². The van der Waals surface area contributed by atoms with Gasteiger partial charge >= 0.3 is 17.8 Å². The van der Waals surface area contributed by atoms with Gasteiger partial charge in [0.25, 0.3) is 0 Å². The number of carbonyl (C=O) groups is 3. The number of carbonyl (C=O) groups excluding carboxylic acids is 2. The fourth-order valence-electron chi connectivity index (χ4n) is 2.40. The van der Waals surface area contributed by atoms with Crippen LogP contribution in [0.1, 0.15) is 25.8 Å². The van der Waals surface area contributed by atoms with E-state index in [1.807, 2.05) is 19.9 Å². The molecule has 0 atom stereocenters. The number of nitrogens with zero attached hydrogens (tertiary/aromatic N) is 1. The minimum absolute atomic E-state index is 0.00904. The van der Waals surface area contributed by atoms with Gasteiger partial charge in [0.1, 0.15) is 0 Å². The van der Waals surface area contributed by atoms with Crippen LogP contribution >= 0.6 is 0 Å². The van der Waals surface area contributed by atoms with Gasteiger partial charge in [-0.2, -0.15) is 0 Å². The average molecular weight is 290 g/mol. The van der Waals surface area contributed by atoms with Gasteiger partial charge in [-0.1, -0.05) is 26.0 Å². The summed E-state index contributed by atoms with van der Waals surface area (Å²) in [5, 5.41) is 11.5. The molecule has 1 aliphatic heterocycles. The second-order valence-corrected chi connectivity index (χ2v) is 5.72. The number of benzene rings is 1. The fourth-order valence-corrected chi connectivity index (χ4v) is 2.40. The molecule has 1 aliphatic rings. The first kappa shape index (κ1) is 15.0. The highest BCUT2D eigenvalue weighted by atomic mass is 16.4. The van der Waals surface area contributed by atoms with Crippen molar-refractivity contribution in [3.8, 4) is 0 Å². The molecule has 2 rings (SSSR count). The average Bonchev–Trinajstić information content (AvgIpc) is 2.41. The van der Waals surface area contributed by atoms with Gasteiger partial charge in [-0.3, -0.25) is 14.4 Å². The molecule has 0 spiro atoms. The molecule has 21 heavy (non-hydrogen) atoms. The number of carboxylic acid groups (broad SMARTS) is 1. The van der Waals surface area contributed by atoms with Crippen molar-refractivity contribution < 1.29 is 19.5 Å². The first-order valence-corrected chi connectivity index (χ1v) is 6.73. The van der Waals surface area contributed by atoms with E-state index in [1.165, 1.54) is 4.90 Å². The van der Waals surface area contributed by atoms with Crippen molar-refractivity contribution in [2.75, 3.05) is 18.0 Å². The maximum Gasteiger partial charge on any atom is 0.316 e. The molecule has 0 aromatic heterocycles. The van der Waals surface area contributed by atoms with Crippen molar-refractivity contribution in [3.63, 3.8) is 0 Å². The number of hydrogen-bond donors (Lipinski definition) is 2. The van der Waals surface area contributed by atoms with Gasteiger partial charge < -0.3 is 15.3 Å². The highest BCUT2D eigenvalue weighted by molar-refractivity contribution is 6.41. The van der Waals surface area contributed by atoms with Crippen LogP contribution in [0, 0.1) is 0 Å². The third-order valence-electron chi connectivity index (χ3n) is 3.59. The molecule has 1 fully saturated rings. The normalized spacial score (nSPS) is 15.8. The molecule has 0 aliphatic carbocycles. The molecule has 1 aromatic rings. The summed E-state index contributed by atoms with van der Waals surface area (Å²) in [6.45, 7) is 4.50. The van der Waals surface area contributed by atoms with E-state index < -0.39 is 23.2 Å². The van der Waals surface area contributed by atoms with E-state index in [-0.39, 0.29) is 6.42 Å². The highest BCUT2D eigenvalue weighted by Gasteiger charge is 2.29. The first-order chi connectivity index (χ1) is 9.81. The lowest BCUT2D eigenvalue weighted by molar-refractivity contribution is -0.138. The zero-order valence-electron chi connectivity index (χ0n) is 12.0. The largest absolute Gasteiger partial charge is 0.481 e. The van der Waals surface area contributed by atoms with Crippen molar-refractivity contribution in [3.05, 3.63) is 29.8 Å². The molecule has 0 saturated carbocycles. The van der Waals surface area contributed by atoms with Gasteiger partial charge in [0.2, 0.25) is 0 Å². The third-order valence-corrected chi connectivity index (χ3v) is 3.59. The third kappa shape index (κ3) is 3.21. The SMILES string of the molecule is CC(C)(CC(=O)O)c1cccc(N2CCNC(=O)C2=O)c1. The quantitative estimate of drug-likeness (QED) is 0.807.